The van der Waals surface area contributed by atoms with Crippen LogP contribution < -0.4 is 16.0 Å². The van der Waals surface area contributed by atoms with Crippen molar-refractivity contribution < 1.29 is 4.74 Å². The van der Waals surface area contributed by atoms with Crippen molar-refractivity contribution in [3.8, 4) is 5.75 Å². The van der Waals surface area contributed by atoms with Crippen LogP contribution in [0.3, 0.4) is 0 Å². The van der Waals surface area contributed by atoms with E-state index in [1.165, 1.54) is 0 Å². The van der Waals surface area contributed by atoms with Gasteiger partial charge in [-0.15, -0.1) is 0 Å². The number of halogens is 2. The maximum atomic E-state index is 5.82. The van der Waals surface area contributed by atoms with Crippen LogP contribution in [0.1, 0.15) is 5.69 Å². The fraction of sp³-hybridized carbons (Fsp3) is 0.214. The zero-order chi connectivity index (χ0) is 14.4. The van der Waals surface area contributed by atoms with Crippen molar-refractivity contribution in [2.24, 2.45) is 5.84 Å². The molecular formula is C14H15BrClN3O. The van der Waals surface area contributed by atoms with E-state index in [0.29, 0.717) is 18.1 Å². The van der Waals surface area contributed by atoms with E-state index in [4.69, 9.17) is 22.2 Å². The number of ether oxygens (including phenoxy) is 1. The Bertz CT molecular complexity index is 533. The van der Waals surface area contributed by atoms with Gasteiger partial charge < -0.3 is 4.74 Å². The van der Waals surface area contributed by atoms with Crippen LogP contribution in [-0.2, 0) is 6.42 Å². The second kappa shape index (κ2) is 7.59. The SMILES string of the molecule is NNC(COc1ccc(Cl)cc1)Cc1ccc(Br)cn1. The lowest BCUT2D eigenvalue weighted by Crippen LogP contribution is -2.41. The Morgan fingerprint density at radius 1 is 1.25 bits per heavy atom. The Morgan fingerprint density at radius 3 is 2.60 bits per heavy atom. The molecule has 0 radical (unpaired) electrons. The van der Waals surface area contributed by atoms with Crippen molar-refractivity contribution in [1.29, 1.82) is 0 Å². The third-order valence-corrected chi connectivity index (χ3v) is 3.47. The predicted molar refractivity (Wildman–Crippen MR) is 83.7 cm³/mol. The van der Waals surface area contributed by atoms with Gasteiger partial charge in [-0.3, -0.25) is 16.3 Å². The molecule has 0 bridgehead atoms. The lowest BCUT2D eigenvalue weighted by Gasteiger charge is -2.16. The smallest absolute Gasteiger partial charge is 0.119 e. The van der Waals surface area contributed by atoms with Crippen LogP contribution in [0.4, 0.5) is 0 Å². The van der Waals surface area contributed by atoms with Crippen LogP contribution in [0.25, 0.3) is 0 Å². The third kappa shape index (κ3) is 4.76. The minimum atomic E-state index is -0.0145. The van der Waals surface area contributed by atoms with E-state index in [1.807, 2.05) is 24.3 Å². The van der Waals surface area contributed by atoms with E-state index in [2.05, 4.69) is 26.3 Å². The summed E-state index contributed by atoms with van der Waals surface area (Å²) in [6, 6.07) is 11.1. The minimum Gasteiger partial charge on any atom is -0.492 e. The molecule has 1 aromatic carbocycles. The highest BCUT2D eigenvalue weighted by atomic mass is 79.9. The van der Waals surface area contributed by atoms with Gasteiger partial charge in [0.2, 0.25) is 0 Å². The lowest BCUT2D eigenvalue weighted by atomic mass is 10.1. The third-order valence-electron chi connectivity index (χ3n) is 2.74. The molecule has 3 N–H and O–H groups in total. The fourth-order valence-corrected chi connectivity index (χ4v) is 2.03. The first-order chi connectivity index (χ1) is 9.67. The fourth-order valence-electron chi connectivity index (χ4n) is 1.67. The standard InChI is InChI=1S/C14H15BrClN3O/c15-10-1-4-12(18-8-10)7-13(19-17)9-20-14-5-2-11(16)3-6-14/h1-6,8,13,19H,7,9,17H2. The first kappa shape index (κ1) is 15.3. The first-order valence-corrected chi connectivity index (χ1v) is 7.29. The number of hydrogen-bond donors (Lipinski definition) is 2. The number of nitrogens with one attached hydrogen (secondary N) is 1. The molecule has 0 amide bonds. The van der Waals surface area contributed by atoms with Gasteiger partial charge in [-0.2, -0.15) is 0 Å². The van der Waals surface area contributed by atoms with Gasteiger partial charge in [0, 0.05) is 27.8 Å². The van der Waals surface area contributed by atoms with E-state index >= 15 is 0 Å². The number of hydrazine groups is 1. The largest absolute Gasteiger partial charge is 0.492 e. The van der Waals surface area contributed by atoms with Crippen molar-refractivity contribution in [2.75, 3.05) is 6.61 Å². The summed E-state index contributed by atoms with van der Waals surface area (Å²) in [7, 11) is 0. The van der Waals surface area contributed by atoms with Crippen molar-refractivity contribution in [3.05, 3.63) is 57.8 Å². The number of nitrogens with two attached hydrogens (primary N) is 1. The highest BCUT2D eigenvalue weighted by molar-refractivity contribution is 9.10. The van der Waals surface area contributed by atoms with Crippen molar-refractivity contribution >= 4 is 27.5 Å². The normalized spacial score (nSPS) is 12.2. The summed E-state index contributed by atoms with van der Waals surface area (Å²) in [5, 5.41) is 0.685. The molecule has 0 fully saturated rings. The molecular weight excluding hydrogens is 342 g/mol. The number of hydrogen-bond acceptors (Lipinski definition) is 4. The van der Waals surface area contributed by atoms with Gasteiger partial charge >= 0.3 is 0 Å². The monoisotopic (exact) mass is 355 g/mol. The number of nitrogens with zero attached hydrogens (tertiary/aromatic N) is 1. The average molecular weight is 357 g/mol. The Balaban J connectivity index is 1.88. The highest BCUT2D eigenvalue weighted by Crippen LogP contribution is 2.16. The van der Waals surface area contributed by atoms with Gasteiger partial charge in [-0.1, -0.05) is 11.6 Å². The van der Waals surface area contributed by atoms with Gasteiger partial charge in [0.25, 0.3) is 0 Å². The van der Waals surface area contributed by atoms with E-state index in [-0.39, 0.29) is 6.04 Å². The van der Waals surface area contributed by atoms with Crippen LogP contribution in [-0.4, -0.2) is 17.6 Å². The predicted octanol–water partition coefficient (Wildman–Crippen LogP) is 2.95. The maximum absolute atomic E-state index is 5.82. The summed E-state index contributed by atoms with van der Waals surface area (Å²) < 4.78 is 6.63. The molecule has 0 aliphatic carbocycles. The number of pyridine rings is 1. The molecule has 20 heavy (non-hydrogen) atoms. The molecule has 0 spiro atoms. The summed E-state index contributed by atoms with van der Waals surface area (Å²) in [5.74, 6) is 6.31. The quantitative estimate of drug-likeness (QED) is 0.617. The van der Waals surface area contributed by atoms with E-state index in [9.17, 15) is 0 Å². The summed E-state index contributed by atoms with van der Waals surface area (Å²) in [5.41, 5.74) is 3.70. The van der Waals surface area contributed by atoms with Crippen LogP contribution >= 0.6 is 27.5 Å². The van der Waals surface area contributed by atoms with Crippen LogP contribution in [0, 0.1) is 0 Å². The first-order valence-electron chi connectivity index (χ1n) is 6.12. The molecule has 1 atom stereocenters. The summed E-state index contributed by atoms with van der Waals surface area (Å²) >= 11 is 9.18. The molecule has 0 saturated heterocycles. The summed E-state index contributed by atoms with van der Waals surface area (Å²) in [6.07, 6.45) is 2.46. The van der Waals surface area contributed by atoms with E-state index in [0.717, 1.165) is 15.9 Å². The molecule has 0 saturated carbocycles. The van der Waals surface area contributed by atoms with E-state index in [1.54, 1.807) is 18.3 Å². The second-order valence-corrected chi connectivity index (χ2v) is 5.65. The van der Waals surface area contributed by atoms with Crippen molar-refractivity contribution in [3.63, 3.8) is 0 Å². The molecule has 4 nitrogen and oxygen atoms in total. The summed E-state index contributed by atoms with van der Waals surface area (Å²) in [4.78, 5) is 4.32. The van der Waals surface area contributed by atoms with E-state index < -0.39 is 0 Å². The Kier molecular flexibility index (Phi) is 5.79. The van der Waals surface area contributed by atoms with Gasteiger partial charge in [-0.05, 0) is 52.3 Å². The Morgan fingerprint density at radius 2 is 2.00 bits per heavy atom. The minimum absolute atomic E-state index is 0.0145. The molecule has 2 rings (SSSR count). The Labute approximate surface area is 131 Å². The zero-order valence-corrected chi connectivity index (χ0v) is 13.1. The number of aromatic nitrogens is 1. The molecule has 0 aliphatic rings. The zero-order valence-electron chi connectivity index (χ0n) is 10.7. The number of rotatable bonds is 6. The maximum Gasteiger partial charge on any atom is 0.119 e. The molecule has 2 aromatic rings. The average Bonchev–Trinajstić information content (AvgIpc) is 2.47. The Hall–Kier alpha value is -1.14. The molecule has 1 heterocycles. The molecule has 0 aliphatic heterocycles. The van der Waals surface area contributed by atoms with Crippen LogP contribution in [0.2, 0.25) is 5.02 Å². The molecule has 1 aromatic heterocycles. The molecule has 1 unspecified atom stereocenters. The summed E-state index contributed by atoms with van der Waals surface area (Å²) in [6.45, 7) is 0.454. The van der Waals surface area contributed by atoms with Gasteiger partial charge in [0.05, 0.1) is 6.04 Å². The molecule has 106 valence electrons. The van der Waals surface area contributed by atoms with Crippen molar-refractivity contribution in [2.45, 2.75) is 12.5 Å². The van der Waals surface area contributed by atoms with Crippen molar-refractivity contribution in [1.82, 2.24) is 10.4 Å². The second-order valence-electron chi connectivity index (χ2n) is 4.30. The van der Waals surface area contributed by atoms with Gasteiger partial charge in [-0.25, -0.2) is 0 Å². The number of benzene rings is 1. The topological polar surface area (TPSA) is 60.2 Å². The lowest BCUT2D eigenvalue weighted by molar-refractivity contribution is 0.263. The van der Waals surface area contributed by atoms with Crippen LogP contribution in [0.15, 0.2) is 47.1 Å². The highest BCUT2D eigenvalue weighted by Gasteiger charge is 2.10. The molecule has 6 heteroatoms. The van der Waals surface area contributed by atoms with Crippen LogP contribution in [0.5, 0.6) is 5.75 Å². The van der Waals surface area contributed by atoms with Gasteiger partial charge in [0.1, 0.15) is 12.4 Å². The van der Waals surface area contributed by atoms with Gasteiger partial charge in [0.15, 0.2) is 0 Å².